The molecule has 2 heterocycles. The predicted octanol–water partition coefficient (Wildman–Crippen LogP) is 4.58. The summed E-state index contributed by atoms with van der Waals surface area (Å²) >= 11 is 3.56. The van der Waals surface area contributed by atoms with Crippen molar-refractivity contribution in [2.45, 2.75) is 51.7 Å². The van der Waals surface area contributed by atoms with Gasteiger partial charge in [-0.3, -0.25) is 0 Å². The molecule has 1 unspecified atom stereocenters. The van der Waals surface area contributed by atoms with E-state index in [0.29, 0.717) is 6.04 Å². The van der Waals surface area contributed by atoms with Gasteiger partial charge in [-0.15, -0.1) is 0 Å². The highest BCUT2D eigenvalue weighted by Crippen LogP contribution is 2.37. The summed E-state index contributed by atoms with van der Waals surface area (Å²) < 4.78 is 3.84. The van der Waals surface area contributed by atoms with Crippen molar-refractivity contribution in [2.75, 3.05) is 6.54 Å². The van der Waals surface area contributed by atoms with Crippen LogP contribution in [0.4, 0.5) is 0 Å². The van der Waals surface area contributed by atoms with E-state index in [1.54, 1.807) is 16.2 Å². The Morgan fingerprint density at radius 1 is 1.12 bits per heavy atom. The molecule has 26 heavy (non-hydrogen) atoms. The molecule has 0 spiro atoms. The Kier molecular flexibility index (Phi) is 4.17. The quantitative estimate of drug-likeness (QED) is 0.634. The first-order chi connectivity index (χ1) is 12.7. The molecule has 2 atom stereocenters. The van der Waals surface area contributed by atoms with Gasteiger partial charge in [0, 0.05) is 40.3 Å². The van der Waals surface area contributed by atoms with Gasteiger partial charge in [-0.25, -0.2) is 0 Å². The number of quaternary nitrogens is 1. The summed E-state index contributed by atoms with van der Waals surface area (Å²) in [6.07, 6.45) is 5.18. The van der Waals surface area contributed by atoms with Crippen LogP contribution in [0.5, 0.6) is 0 Å². The summed E-state index contributed by atoms with van der Waals surface area (Å²) in [5.74, 6) is 0. The monoisotopic (exact) mass is 409 g/mol. The summed E-state index contributed by atoms with van der Waals surface area (Å²) in [5.41, 5.74) is 7.61. The molecule has 1 aliphatic carbocycles. The van der Waals surface area contributed by atoms with Crippen molar-refractivity contribution in [3.8, 4) is 0 Å². The predicted molar refractivity (Wildman–Crippen MR) is 111 cm³/mol. The lowest BCUT2D eigenvalue weighted by Gasteiger charge is -2.31. The van der Waals surface area contributed by atoms with Crippen LogP contribution in [0.25, 0.3) is 10.9 Å². The highest BCUT2D eigenvalue weighted by molar-refractivity contribution is 9.10. The Morgan fingerprint density at radius 2 is 1.96 bits per heavy atom. The third-order valence-corrected chi connectivity index (χ3v) is 6.86. The van der Waals surface area contributed by atoms with Gasteiger partial charge < -0.3 is 9.47 Å². The van der Waals surface area contributed by atoms with Gasteiger partial charge in [0.15, 0.2) is 0 Å². The van der Waals surface area contributed by atoms with Gasteiger partial charge in [0.2, 0.25) is 0 Å². The van der Waals surface area contributed by atoms with Crippen molar-refractivity contribution >= 4 is 26.8 Å². The molecule has 1 aromatic heterocycles. The van der Waals surface area contributed by atoms with Crippen LogP contribution in [0.2, 0.25) is 0 Å². The molecule has 1 aliphatic heterocycles. The molecule has 134 valence electrons. The summed E-state index contributed by atoms with van der Waals surface area (Å²) in [6, 6.07) is 16.6. The molecule has 0 radical (unpaired) electrons. The molecule has 0 bridgehead atoms. The van der Waals surface area contributed by atoms with E-state index in [4.69, 9.17) is 0 Å². The van der Waals surface area contributed by atoms with Crippen molar-refractivity contribution in [1.82, 2.24) is 4.57 Å². The van der Waals surface area contributed by atoms with E-state index in [1.165, 1.54) is 65.3 Å². The fraction of sp³-hybridized carbons (Fsp3) is 0.391. The van der Waals surface area contributed by atoms with Crippen LogP contribution in [-0.2, 0) is 19.5 Å². The fourth-order valence-corrected chi connectivity index (χ4v) is 5.46. The summed E-state index contributed by atoms with van der Waals surface area (Å²) in [5, 5.41) is 1.52. The summed E-state index contributed by atoms with van der Waals surface area (Å²) in [4.78, 5) is 1.76. The van der Waals surface area contributed by atoms with Crippen LogP contribution in [0.1, 0.15) is 47.7 Å². The summed E-state index contributed by atoms with van der Waals surface area (Å²) in [7, 11) is 0. The number of rotatable bonds is 2. The maximum Gasteiger partial charge on any atom is 0.129 e. The standard InChI is InChI=1S/C23H25BrN2/c1-16-6-11-21-20(14-16)19-4-2-5-22-23(19)26(21)13-3-12-25(22)15-17-7-9-18(24)10-8-17/h6-11,14,22H,2-5,12-13,15H2,1H3/p+1/t22-/m1/s1. The number of nitrogens with zero attached hydrogens (tertiary/aromatic N) is 1. The van der Waals surface area contributed by atoms with E-state index in [2.05, 4.69) is 69.9 Å². The van der Waals surface area contributed by atoms with Crippen LogP contribution in [0, 0.1) is 6.92 Å². The second-order valence-electron chi connectivity index (χ2n) is 8.05. The van der Waals surface area contributed by atoms with E-state index >= 15 is 0 Å². The lowest BCUT2D eigenvalue weighted by atomic mass is 9.90. The van der Waals surface area contributed by atoms with E-state index in [-0.39, 0.29) is 0 Å². The largest absolute Gasteiger partial charge is 0.339 e. The Balaban J connectivity index is 1.58. The number of hydrogen-bond acceptors (Lipinski definition) is 0. The minimum Gasteiger partial charge on any atom is -0.339 e. The lowest BCUT2D eigenvalue weighted by Crippen LogP contribution is -3.11. The number of aromatic nitrogens is 1. The third-order valence-electron chi connectivity index (χ3n) is 6.33. The Labute approximate surface area is 163 Å². The summed E-state index contributed by atoms with van der Waals surface area (Å²) in [6.45, 7) is 5.81. The van der Waals surface area contributed by atoms with Gasteiger partial charge in [0.25, 0.3) is 0 Å². The second kappa shape index (κ2) is 6.54. The molecule has 2 aliphatic rings. The Bertz CT molecular complexity index is 951. The van der Waals surface area contributed by atoms with Gasteiger partial charge in [-0.1, -0.05) is 39.7 Å². The average Bonchev–Trinajstić information content (AvgIpc) is 2.83. The van der Waals surface area contributed by atoms with Crippen LogP contribution in [-0.4, -0.2) is 11.1 Å². The SMILES string of the molecule is Cc1ccc2c(c1)c1c3n2CCC[NH+](Cc2ccc(Br)cc2)[C@@H]3CCC1. The maximum atomic E-state index is 3.56. The number of benzene rings is 2. The van der Waals surface area contributed by atoms with E-state index in [1.807, 2.05) is 0 Å². The zero-order valence-corrected chi connectivity index (χ0v) is 17.0. The topological polar surface area (TPSA) is 9.37 Å². The Hall–Kier alpha value is -1.58. The van der Waals surface area contributed by atoms with Crippen molar-refractivity contribution in [3.63, 3.8) is 0 Å². The van der Waals surface area contributed by atoms with Gasteiger partial charge in [0.1, 0.15) is 12.6 Å². The minimum absolute atomic E-state index is 0.651. The van der Waals surface area contributed by atoms with Crippen molar-refractivity contribution in [3.05, 3.63) is 69.3 Å². The van der Waals surface area contributed by atoms with E-state index < -0.39 is 0 Å². The van der Waals surface area contributed by atoms with Gasteiger partial charge in [-0.2, -0.15) is 0 Å². The zero-order valence-electron chi connectivity index (χ0n) is 15.4. The molecule has 1 N–H and O–H groups in total. The van der Waals surface area contributed by atoms with Crippen molar-refractivity contribution in [2.24, 2.45) is 0 Å². The van der Waals surface area contributed by atoms with Crippen LogP contribution in [0.15, 0.2) is 46.9 Å². The third kappa shape index (κ3) is 2.73. The first kappa shape index (κ1) is 16.6. The number of nitrogens with one attached hydrogen (secondary N) is 1. The smallest absolute Gasteiger partial charge is 0.129 e. The average molecular weight is 410 g/mol. The van der Waals surface area contributed by atoms with Gasteiger partial charge in [-0.05, 0) is 49.6 Å². The number of aryl methyl sites for hydroxylation is 3. The molecule has 2 aromatic carbocycles. The van der Waals surface area contributed by atoms with Crippen molar-refractivity contribution < 1.29 is 4.90 Å². The number of hydrogen-bond donors (Lipinski definition) is 1. The lowest BCUT2D eigenvalue weighted by molar-refractivity contribution is -0.945. The molecule has 5 rings (SSSR count). The Morgan fingerprint density at radius 3 is 2.81 bits per heavy atom. The van der Waals surface area contributed by atoms with Crippen LogP contribution < -0.4 is 4.90 Å². The zero-order chi connectivity index (χ0) is 17.7. The van der Waals surface area contributed by atoms with Crippen molar-refractivity contribution in [1.29, 1.82) is 0 Å². The first-order valence-electron chi connectivity index (χ1n) is 9.91. The normalized spacial score (nSPS) is 22.2. The molecule has 0 saturated heterocycles. The molecule has 0 saturated carbocycles. The van der Waals surface area contributed by atoms with Gasteiger partial charge in [0.05, 0.1) is 12.2 Å². The molecule has 2 nitrogen and oxygen atoms in total. The number of fused-ring (bicyclic) bond motifs is 3. The van der Waals surface area contributed by atoms with E-state index in [9.17, 15) is 0 Å². The molecule has 3 aromatic rings. The number of halogens is 1. The highest BCUT2D eigenvalue weighted by atomic mass is 79.9. The van der Waals surface area contributed by atoms with E-state index in [0.717, 1.165) is 6.54 Å². The molecule has 3 heteroatoms. The second-order valence-corrected chi connectivity index (χ2v) is 8.96. The van der Waals surface area contributed by atoms with Crippen LogP contribution in [0.3, 0.4) is 0 Å². The molecular formula is C23H26BrN2+. The minimum atomic E-state index is 0.651. The maximum absolute atomic E-state index is 3.56. The van der Waals surface area contributed by atoms with Gasteiger partial charge >= 0.3 is 0 Å². The highest BCUT2D eigenvalue weighted by Gasteiger charge is 2.36. The first-order valence-corrected chi connectivity index (χ1v) is 10.7. The molecule has 0 fully saturated rings. The molecular weight excluding hydrogens is 384 g/mol. The van der Waals surface area contributed by atoms with Crippen LogP contribution >= 0.6 is 15.9 Å². The fourth-order valence-electron chi connectivity index (χ4n) is 5.19. The molecule has 0 amide bonds.